The van der Waals surface area contributed by atoms with Crippen LogP contribution in [-0.2, 0) is 10.3 Å². The molecule has 2 aromatic rings. The van der Waals surface area contributed by atoms with Crippen molar-refractivity contribution in [1.82, 2.24) is 9.97 Å². The Morgan fingerprint density at radius 1 is 1.25 bits per heavy atom. The number of ether oxygens (including phenoxy) is 1. The van der Waals surface area contributed by atoms with E-state index in [0.717, 1.165) is 34.7 Å². The molecular weight excluding hydrogens is 270 g/mol. The fourth-order valence-corrected chi connectivity index (χ4v) is 3.96. The lowest BCUT2D eigenvalue weighted by Crippen LogP contribution is -2.33. The minimum atomic E-state index is -0.296. The van der Waals surface area contributed by atoms with Crippen LogP contribution in [-0.4, -0.2) is 24.1 Å². The van der Waals surface area contributed by atoms with Gasteiger partial charge in [0, 0.05) is 19.0 Å². The molecule has 0 spiro atoms. The first-order valence-corrected chi connectivity index (χ1v) is 8.02. The second-order valence-electron chi connectivity index (χ2n) is 5.48. The summed E-state index contributed by atoms with van der Waals surface area (Å²) in [4.78, 5) is 11.9. The molecule has 0 amide bonds. The molecule has 0 unspecified atom stereocenters. The van der Waals surface area contributed by atoms with Crippen LogP contribution in [0.1, 0.15) is 42.8 Å². The van der Waals surface area contributed by atoms with E-state index in [-0.39, 0.29) is 5.60 Å². The van der Waals surface area contributed by atoms with E-state index in [2.05, 4.69) is 18.3 Å². The summed E-state index contributed by atoms with van der Waals surface area (Å²) in [6, 6.07) is 2.15. The highest BCUT2D eigenvalue weighted by atomic mass is 32.1. The summed E-state index contributed by atoms with van der Waals surface area (Å²) >= 11 is 1.72. The molecule has 1 saturated carbocycles. The minimum Gasteiger partial charge on any atom is -0.372 e. The second-order valence-corrected chi connectivity index (χ2v) is 6.72. The molecule has 1 N–H and O–H groups in total. The van der Waals surface area contributed by atoms with Crippen LogP contribution in [0.25, 0.3) is 10.2 Å². The molecule has 2 aromatic heterocycles. The highest BCUT2D eigenvalue weighted by molar-refractivity contribution is 7.18. The number of thiophene rings is 1. The smallest absolute Gasteiger partial charge is 0.164 e. The highest BCUT2D eigenvalue weighted by Crippen LogP contribution is 2.40. The monoisotopic (exact) mass is 291 g/mol. The first kappa shape index (κ1) is 13.8. The molecule has 5 heteroatoms. The van der Waals surface area contributed by atoms with Crippen LogP contribution in [0, 0.1) is 6.92 Å². The van der Waals surface area contributed by atoms with E-state index in [4.69, 9.17) is 14.7 Å². The minimum absolute atomic E-state index is 0.296. The molecular formula is C15H21N3OS. The van der Waals surface area contributed by atoms with E-state index in [1.807, 2.05) is 7.05 Å². The molecule has 1 aliphatic carbocycles. The molecule has 20 heavy (non-hydrogen) atoms. The van der Waals surface area contributed by atoms with Gasteiger partial charge in [-0.2, -0.15) is 0 Å². The third-order valence-corrected chi connectivity index (χ3v) is 5.16. The predicted octanol–water partition coefficient (Wildman–Crippen LogP) is 3.85. The van der Waals surface area contributed by atoms with Gasteiger partial charge in [-0.25, -0.2) is 9.97 Å². The van der Waals surface area contributed by atoms with Crippen LogP contribution >= 0.6 is 11.3 Å². The lowest BCUT2D eigenvalue weighted by atomic mass is 9.84. The number of aromatic nitrogens is 2. The third-order valence-electron chi connectivity index (χ3n) is 4.21. The molecule has 0 saturated heterocycles. The van der Waals surface area contributed by atoms with Crippen LogP contribution in [0.15, 0.2) is 6.07 Å². The Labute approximate surface area is 123 Å². The van der Waals surface area contributed by atoms with Gasteiger partial charge in [0.2, 0.25) is 0 Å². The number of nitrogens with one attached hydrogen (secondary N) is 1. The van der Waals surface area contributed by atoms with Crippen molar-refractivity contribution in [2.75, 3.05) is 19.5 Å². The van der Waals surface area contributed by atoms with E-state index in [9.17, 15) is 0 Å². The third kappa shape index (κ3) is 2.19. The maximum Gasteiger partial charge on any atom is 0.164 e. The fourth-order valence-electron chi connectivity index (χ4n) is 3.08. The van der Waals surface area contributed by atoms with Gasteiger partial charge in [-0.05, 0) is 25.8 Å². The van der Waals surface area contributed by atoms with E-state index in [0.29, 0.717) is 0 Å². The zero-order valence-electron chi connectivity index (χ0n) is 12.3. The van der Waals surface area contributed by atoms with Crippen molar-refractivity contribution in [2.45, 2.75) is 44.6 Å². The molecule has 0 bridgehead atoms. The zero-order chi connectivity index (χ0) is 14.2. The van der Waals surface area contributed by atoms with E-state index < -0.39 is 0 Å². The van der Waals surface area contributed by atoms with Gasteiger partial charge in [0.25, 0.3) is 0 Å². The largest absolute Gasteiger partial charge is 0.372 e. The van der Waals surface area contributed by atoms with Crippen LogP contribution in [0.3, 0.4) is 0 Å². The van der Waals surface area contributed by atoms with Gasteiger partial charge < -0.3 is 10.1 Å². The molecule has 108 valence electrons. The normalized spacial score (nSPS) is 18.4. The standard InChI is InChI=1S/C15H21N3OS/c1-10-9-11-12(16-2)17-14(18-13(11)20-10)15(19-3)7-5-4-6-8-15/h9H,4-8H2,1-3H3,(H,16,17,18). The van der Waals surface area contributed by atoms with Gasteiger partial charge in [0.1, 0.15) is 16.2 Å². The molecule has 1 fully saturated rings. The first-order valence-electron chi connectivity index (χ1n) is 7.20. The SMILES string of the molecule is CNc1nc(C2(OC)CCCCC2)nc2sc(C)cc12. The number of anilines is 1. The number of hydrogen-bond acceptors (Lipinski definition) is 5. The van der Waals surface area contributed by atoms with Crippen molar-refractivity contribution in [3.63, 3.8) is 0 Å². The Balaban J connectivity index is 2.14. The average Bonchev–Trinajstić information content (AvgIpc) is 2.87. The average molecular weight is 291 g/mol. The number of methoxy groups -OCH3 is 1. The van der Waals surface area contributed by atoms with Crippen LogP contribution < -0.4 is 5.32 Å². The number of fused-ring (bicyclic) bond motifs is 1. The molecule has 2 heterocycles. The summed E-state index contributed by atoms with van der Waals surface area (Å²) in [6.45, 7) is 2.11. The fraction of sp³-hybridized carbons (Fsp3) is 0.600. The van der Waals surface area contributed by atoms with Gasteiger partial charge in [0.15, 0.2) is 5.82 Å². The maximum absolute atomic E-state index is 5.87. The van der Waals surface area contributed by atoms with Crippen molar-refractivity contribution in [3.05, 3.63) is 16.8 Å². The van der Waals surface area contributed by atoms with Crippen molar-refractivity contribution < 1.29 is 4.74 Å². The van der Waals surface area contributed by atoms with E-state index in [1.165, 1.54) is 24.1 Å². The highest BCUT2D eigenvalue weighted by Gasteiger charge is 2.37. The first-order chi connectivity index (χ1) is 9.68. The molecule has 3 rings (SSSR count). The van der Waals surface area contributed by atoms with Crippen molar-refractivity contribution >= 4 is 27.4 Å². The lowest BCUT2D eigenvalue weighted by molar-refractivity contribution is -0.0511. The topological polar surface area (TPSA) is 47.0 Å². The summed E-state index contributed by atoms with van der Waals surface area (Å²) in [5.41, 5.74) is -0.296. The molecule has 0 atom stereocenters. The Morgan fingerprint density at radius 2 is 2.00 bits per heavy atom. The molecule has 1 aliphatic rings. The summed E-state index contributed by atoms with van der Waals surface area (Å²) in [5, 5.41) is 4.32. The summed E-state index contributed by atoms with van der Waals surface area (Å²) < 4.78 is 5.87. The number of aryl methyl sites for hydroxylation is 1. The van der Waals surface area contributed by atoms with Gasteiger partial charge in [-0.1, -0.05) is 19.3 Å². The summed E-state index contributed by atoms with van der Waals surface area (Å²) in [6.07, 6.45) is 5.69. The lowest BCUT2D eigenvalue weighted by Gasteiger charge is -2.34. The molecule has 0 radical (unpaired) electrons. The molecule has 4 nitrogen and oxygen atoms in total. The summed E-state index contributed by atoms with van der Waals surface area (Å²) in [5.74, 6) is 1.76. The van der Waals surface area contributed by atoms with Crippen molar-refractivity contribution in [3.8, 4) is 0 Å². The maximum atomic E-state index is 5.87. The Morgan fingerprint density at radius 3 is 2.65 bits per heavy atom. The zero-order valence-corrected chi connectivity index (χ0v) is 13.1. The predicted molar refractivity (Wildman–Crippen MR) is 83.5 cm³/mol. The Kier molecular flexibility index (Phi) is 3.65. The van der Waals surface area contributed by atoms with Crippen LogP contribution in [0.5, 0.6) is 0 Å². The van der Waals surface area contributed by atoms with Gasteiger partial charge in [0.05, 0.1) is 5.39 Å². The quantitative estimate of drug-likeness (QED) is 0.933. The molecule has 0 aliphatic heterocycles. The van der Waals surface area contributed by atoms with Gasteiger partial charge in [-0.15, -0.1) is 11.3 Å². The number of rotatable bonds is 3. The van der Waals surface area contributed by atoms with E-state index in [1.54, 1.807) is 18.4 Å². The summed E-state index contributed by atoms with van der Waals surface area (Å²) in [7, 11) is 3.70. The number of nitrogens with zero attached hydrogens (tertiary/aromatic N) is 2. The number of hydrogen-bond donors (Lipinski definition) is 1. The van der Waals surface area contributed by atoms with E-state index >= 15 is 0 Å². The van der Waals surface area contributed by atoms with Gasteiger partial charge >= 0.3 is 0 Å². The second kappa shape index (κ2) is 5.30. The van der Waals surface area contributed by atoms with Crippen molar-refractivity contribution in [2.24, 2.45) is 0 Å². The Hall–Kier alpha value is -1.20. The molecule has 0 aromatic carbocycles. The van der Waals surface area contributed by atoms with Gasteiger partial charge in [-0.3, -0.25) is 0 Å². The van der Waals surface area contributed by atoms with Crippen LogP contribution in [0.2, 0.25) is 0 Å². The van der Waals surface area contributed by atoms with Crippen molar-refractivity contribution in [1.29, 1.82) is 0 Å². The van der Waals surface area contributed by atoms with Crippen LogP contribution in [0.4, 0.5) is 5.82 Å². The Bertz CT molecular complexity index is 617.